The summed E-state index contributed by atoms with van der Waals surface area (Å²) < 4.78 is 29.9. The number of hydrogen-bond acceptors (Lipinski definition) is 5. The van der Waals surface area contributed by atoms with Crippen LogP contribution in [0.3, 0.4) is 0 Å². The number of H-pyrrole nitrogens is 1. The summed E-state index contributed by atoms with van der Waals surface area (Å²) in [4.78, 5) is 17.8. The molecule has 9 heteroatoms. The van der Waals surface area contributed by atoms with Gasteiger partial charge >= 0.3 is 0 Å². The Bertz CT molecular complexity index is 1460. The van der Waals surface area contributed by atoms with Crippen LogP contribution in [-0.4, -0.2) is 35.3 Å². The number of aromatic nitrogens is 1. The number of halogens is 1. The maximum Gasteiger partial charge on any atom is 0.253 e. The zero-order valence-electron chi connectivity index (χ0n) is 19.5. The van der Waals surface area contributed by atoms with Gasteiger partial charge in [-0.25, -0.2) is 4.39 Å². The molecule has 0 atom stereocenters. The summed E-state index contributed by atoms with van der Waals surface area (Å²) in [6, 6.07) is 19.1. The first-order valence-electron chi connectivity index (χ1n) is 11.4. The molecule has 0 aliphatic carbocycles. The van der Waals surface area contributed by atoms with Gasteiger partial charge in [-0.15, -0.1) is 0 Å². The Balaban J connectivity index is 1.45. The number of aromatic amines is 1. The third-order valence-corrected chi connectivity index (χ3v) is 6.22. The monoisotopic (exact) mass is 505 g/mol. The first-order chi connectivity index (χ1) is 17.5. The van der Waals surface area contributed by atoms with Gasteiger partial charge in [-0.1, -0.05) is 12.1 Å². The topological polar surface area (TPSA) is 75.8 Å². The van der Waals surface area contributed by atoms with Gasteiger partial charge in [0.25, 0.3) is 5.56 Å². The molecule has 7 nitrogen and oxygen atoms in total. The number of ether oxygens (including phenoxy) is 3. The summed E-state index contributed by atoms with van der Waals surface area (Å²) in [6.07, 6.45) is 0. The number of rotatable bonds is 6. The molecule has 1 aliphatic heterocycles. The van der Waals surface area contributed by atoms with Crippen LogP contribution in [0.25, 0.3) is 10.9 Å². The Labute approximate surface area is 212 Å². The minimum atomic E-state index is -0.333. The highest BCUT2D eigenvalue weighted by molar-refractivity contribution is 7.80. The summed E-state index contributed by atoms with van der Waals surface area (Å²) in [5, 5.41) is 4.38. The lowest BCUT2D eigenvalue weighted by atomic mass is 10.1. The molecule has 4 aromatic rings. The van der Waals surface area contributed by atoms with Crippen LogP contribution in [0.2, 0.25) is 0 Å². The second kappa shape index (κ2) is 10.2. The molecule has 0 bridgehead atoms. The van der Waals surface area contributed by atoms with Crippen LogP contribution >= 0.6 is 12.2 Å². The fraction of sp³-hybridized carbons (Fsp3) is 0.185. The quantitative estimate of drug-likeness (QED) is 0.363. The van der Waals surface area contributed by atoms with Crippen molar-refractivity contribution < 1.29 is 18.6 Å². The third kappa shape index (κ3) is 5.26. The van der Waals surface area contributed by atoms with Crippen molar-refractivity contribution in [2.45, 2.75) is 13.1 Å². The Morgan fingerprint density at radius 2 is 1.72 bits per heavy atom. The van der Waals surface area contributed by atoms with Crippen LogP contribution in [0.4, 0.5) is 10.1 Å². The van der Waals surface area contributed by atoms with E-state index in [9.17, 15) is 9.18 Å². The SMILES string of the molecule is COc1ccc(CN(Cc2cc3cc4c(cc3[nH]c2=O)OCCO4)C(=S)Nc2ccc(F)cc2)cc1. The Hall–Kier alpha value is -4.11. The second-order valence-electron chi connectivity index (χ2n) is 8.35. The number of nitrogens with zero attached hydrogens (tertiary/aromatic N) is 1. The standard InChI is InChI=1S/C27H24FN3O4S/c1-33-22-8-2-17(3-9-22)15-31(27(36)29-21-6-4-20(28)5-7-21)16-19-12-18-13-24-25(35-11-10-34-24)14-23(18)30-26(19)32/h2-9,12-14H,10-11,15-16H2,1H3,(H,29,36)(H,30,32). The zero-order chi connectivity index (χ0) is 25.1. The molecule has 0 saturated carbocycles. The van der Waals surface area contributed by atoms with E-state index in [4.69, 9.17) is 26.4 Å². The van der Waals surface area contributed by atoms with Gasteiger partial charge in [-0.05, 0) is 66.3 Å². The van der Waals surface area contributed by atoms with Crippen molar-refractivity contribution in [1.29, 1.82) is 0 Å². The smallest absolute Gasteiger partial charge is 0.253 e. The molecule has 1 aromatic heterocycles. The highest BCUT2D eigenvalue weighted by Gasteiger charge is 2.17. The Morgan fingerprint density at radius 3 is 2.42 bits per heavy atom. The van der Waals surface area contributed by atoms with E-state index in [0.717, 1.165) is 16.7 Å². The summed E-state index contributed by atoms with van der Waals surface area (Å²) in [6.45, 7) is 1.64. The Kier molecular flexibility index (Phi) is 6.73. The van der Waals surface area contributed by atoms with Crippen molar-refractivity contribution in [2.24, 2.45) is 0 Å². The highest BCUT2D eigenvalue weighted by Crippen LogP contribution is 2.33. The number of anilines is 1. The lowest BCUT2D eigenvalue weighted by molar-refractivity contribution is 0.172. The lowest BCUT2D eigenvalue weighted by Gasteiger charge is -2.26. The number of hydrogen-bond donors (Lipinski definition) is 2. The van der Waals surface area contributed by atoms with Crippen LogP contribution < -0.4 is 25.1 Å². The maximum absolute atomic E-state index is 13.4. The van der Waals surface area contributed by atoms with Gasteiger partial charge in [0.15, 0.2) is 16.6 Å². The van der Waals surface area contributed by atoms with Gasteiger partial charge in [-0.3, -0.25) is 4.79 Å². The van der Waals surface area contributed by atoms with E-state index in [1.54, 1.807) is 25.3 Å². The van der Waals surface area contributed by atoms with Gasteiger partial charge < -0.3 is 29.4 Å². The van der Waals surface area contributed by atoms with Crippen LogP contribution in [0.15, 0.2) is 71.5 Å². The molecule has 0 fully saturated rings. The summed E-state index contributed by atoms with van der Waals surface area (Å²) in [7, 11) is 1.61. The molecule has 2 heterocycles. The number of thiocarbonyl (C=S) groups is 1. The number of methoxy groups -OCH3 is 1. The molecule has 0 saturated heterocycles. The molecule has 0 spiro atoms. The van der Waals surface area contributed by atoms with E-state index in [1.165, 1.54) is 12.1 Å². The normalized spacial score (nSPS) is 12.3. The molecular formula is C27H24FN3O4S. The number of fused-ring (bicyclic) bond motifs is 2. The average molecular weight is 506 g/mol. The van der Waals surface area contributed by atoms with E-state index in [-0.39, 0.29) is 17.9 Å². The van der Waals surface area contributed by atoms with E-state index in [0.29, 0.717) is 53.1 Å². The van der Waals surface area contributed by atoms with Crippen LogP contribution in [-0.2, 0) is 13.1 Å². The largest absolute Gasteiger partial charge is 0.497 e. The Morgan fingerprint density at radius 1 is 1.03 bits per heavy atom. The number of nitrogens with one attached hydrogen (secondary N) is 2. The summed E-state index contributed by atoms with van der Waals surface area (Å²) in [5.41, 5.74) is 2.62. The predicted molar refractivity (Wildman–Crippen MR) is 140 cm³/mol. The minimum absolute atomic E-state index is 0.219. The van der Waals surface area contributed by atoms with Crippen molar-refractivity contribution in [3.8, 4) is 17.2 Å². The van der Waals surface area contributed by atoms with Gasteiger partial charge in [0, 0.05) is 29.2 Å². The van der Waals surface area contributed by atoms with Gasteiger partial charge in [0.2, 0.25) is 0 Å². The zero-order valence-corrected chi connectivity index (χ0v) is 20.4. The first kappa shape index (κ1) is 23.6. The van der Waals surface area contributed by atoms with E-state index < -0.39 is 0 Å². The van der Waals surface area contributed by atoms with Crippen molar-refractivity contribution in [2.75, 3.05) is 25.6 Å². The van der Waals surface area contributed by atoms with Crippen molar-refractivity contribution >= 4 is 33.9 Å². The minimum Gasteiger partial charge on any atom is -0.497 e. The van der Waals surface area contributed by atoms with Gasteiger partial charge in [0.1, 0.15) is 24.8 Å². The highest BCUT2D eigenvalue weighted by atomic mass is 32.1. The molecule has 3 aromatic carbocycles. The fourth-order valence-corrected chi connectivity index (χ4v) is 4.24. The lowest BCUT2D eigenvalue weighted by Crippen LogP contribution is -2.35. The maximum atomic E-state index is 13.4. The number of pyridine rings is 1. The molecule has 2 N–H and O–H groups in total. The van der Waals surface area contributed by atoms with Crippen molar-refractivity contribution in [1.82, 2.24) is 9.88 Å². The van der Waals surface area contributed by atoms with Gasteiger partial charge in [-0.2, -0.15) is 0 Å². The first-order valence-corrected chi connectivity index (χ1v) is 11.8. The molecule has 184 valence electrons. The van der Waals surface area contributed by atoms with Crippen molar-refractivity contribution in [3.05, 3.63) is 94.0 Å². The summed E-state index contributed by atoms with van der Waals surface area (Å²) in [5.74, 6) is 1.68. The third-order valence-electron chi connectivity index (χ3n) is 5.86. The van der Waals surface area contributed by atoms with Crippen LogP contribution in [0, 0.1) is 5.82 Å². The van der Waals surface area contributed by atoms with Crippen LogP contribution in [0.5, 0.6) is 17.2 Å². The molecule has 0 amide bonds. The van der Waals surface area contributed by atoms with E-state index in [2.05, 4.69) is 10.3 Å². The predicted octanol–water partition coefficient (Wildman–Crippen LogP) is 4.85. The molecule has 0 unspecified atom stereocenters. The fourth-order valence-electron chi connectivity index (χ4n) is 4.00. The molecule has 36 heavy (non-hydrogen) atoms. The second-order valence-corrected chi connectivity index (χ2v) is 8.73. The molecule has 0 radical (unpaired) electrons. The molecule has 1 aliphatic rings. The van der Waals surface area contributed by atoms with Crippen LogP contribution in [0.1, 0.15) is 11.1 Å². The number of benzene rings is 3. The van der Waals surface area contributed by atoms with Crippen molar-refractivity contribution in [3.63, 3.8) is 0 Å². The molecular weight excluding hydrogens is 481 g/mol. The van der Waals surface area contributed by atoms with Gasteiger partial charge in [0.05, 0.1) is 19.2 Å². The van der Waals surface area contributed by atoms with E-state index in [1.807, 2.05) is 41.3 Å². The molecule has 5 rings (SSSR count). The van der Waals surface area contributed by atoms with E-state index >= 15 is 0 Å². The summed E-state index contributed by atoms with van der Waals surface area (Å²) >= 11 is 5.70. The average Bonchev–Trinajstić information content (AvgIpc) is 2.89.